The Bertz CT molecular complexity index is 709. The van der Waals surface area contributed by atoms with Crippen molar-refractivity contribution < 1.29 is 4.92 Å². The van der Waals surface area contributed by atoms with Crippen molar-refractivity contribution in [1.29, 1.82) is 0 Å². The Morgan fingerprint density at radius 1 is 1.38 bits per heavy atom. The number of nitro groups is 1. The first kappa shape index (κ1) is 14.0. The number of nitrogens with zero attached hydrogens (tertiary/aromatic N) is 6. The van der Waals surface area contributed by atoms with Gasteiger partial charge in [-0.15, -0.1) is 0 Å². The van der Waals surface area contributed by atoms with Gasteiger partial charge in [0.05, 0.1) is 4.92 Å². The Hall–Kier alpha value is -3.39. The van der Waals surface area contributed by atoms with E-state index >= 15 is 0 Å². The summed E-state index contributed by atoms with van der Waals surface area (Å²) in [5.74, 6) is 0.324. The molecule has 1 aromatic heterocycles. The minimum Gasteiger partial charge on any atom is -0.367 e. The van der Waals surface area contributed by atoms with Crippen molar-refractivity contribution in [2.24, 2.45) is 5.11 Å². The SMILES string of the molecule is CNc1nc(Nc2ccc(N=[N+]=[N-])cc2)ncc1[N+](=O)[O-]. The first-order chi connectivity index (χ1) is 10.1. The van der Waals surface area contributed by atoms with Gasteiger partial charge < -0.3 is 10.6 Å². The van der Waals surface area contributed by atoms with Crippen LogP contribution in [0.25, 0.3) is 10.4 Å². The smallest absolute Gasteiger partial charge is 0.329 e. The molecule has 0 aliphatic carbocycles. The third-order valence-corrected chi connectivity index (χ3v) is 2.49. The van der Waals surface area contributed by atoms with Crippen LogP contribution in [0.1, 0.15) is 0 Å². The summed E-state index contributed by atoms with van der Waals surface area (Å²) in [6.45, 7) is 0. The maximum atomic E-state index is 10.8. The van der Waals surface area contributed by atoms with Crippen LogP contribution in [0.4, 0.5) is 28.8 Å². The van der Waals surface area contributed by atoms with Crippen molar-refractivity contribution in [2.75, 3.05) is 17.7 Å². The molecule has 0 unspecified atom stereocenters. The number of hydrogen-bond acceptors (Lipinski definition) is 7. The molecule has 21 heavy (non-hydrogen) atoms. The molecule has 0 radical (unpaired) electrons. The fraction of sp³-hybridized carbons (Fsp3) is 0.0909. The minimum atomic E-state index is -0.565. The Kier molecular flexibility index (Phi) is 4.12. The summed E-state index contributed by atoms with van der Waals surface area (Å²) in [6, 6.07) is 6.58. The highest BCUT2D eigenvalue weighted by atomic mass is 16.6. The van der Waals surface area contributed by atoms with Crippen LogP contribution in [0.2, 0.25) is 0 Å². The van der Waals surface area contributed by atoms with Crippen molar-refractivity contribution in [1.82, 2.24) is 9.97 Å². The molecule has 2 rings (SSSR count). The predicted octanol–water partition coefficient (Wildman–Crippen LogP) is 3.11. The van der Waals surface area contributed by atoms with Crippen LogP contribution < -0.4 is 10.6 Å². The molecule has 0 fully saturated rings. The molecule has 0 saturated heterocycles. The summed E-state index contributed by atoms with van der Waals surface area (Å²) in [6.07, 6.45) is 1.12. The summed E-state index contributed by atoms with van der Waals surface area (Å²) in [7, 11) is 1.54. The fourth-order valence-corrected chi connectivity index (χ4v) is 1.55. The highest BCUT2D eigenvalue weighted by Crippen LogP contribution is 2.23. The van der Waals surface area contributed by atoms with E-state index in [2.05, 4.69) is 30.6 Å². The first-order valence-corrected chi connectivity index (χ1v) is 5.75. The Morgan fingerprint density at radius 2 is 2.10 bits per heavy atom. The van der Waals surface area contributed by atoms with E-state index in [9.17, 15) is 10.1 Å². The predicted molar refractivity (Wildman–Crippen MR) is 76.8 cm³/mol. The van der Waals surface area contributed by atoms with Gasteiger partial charge in [0, 0.05) is 23.3 Å². The van der Waals surface area contributed by atoms with Crippen molar-refractivity contribution in [3.63, 3.8) is 0 Å². The van der Waals surface area contributed by atoms with Crippen LogP contribution in [0, 0.1) is 10.1 Å². The third kappa shape index (κ3) is 3.33. The molecule has 106 valence electrons. The van der Waals surface area contributed by atoms with E-state index in [4.69, 9.17) is 5.53 Å². The van der Waals surface area contributed by atoms with Crippen LogP contribution in [-0.2, 0) is 0 Å². The first-order valence-electron chi connectivity index (χ1n) is 5.75. The van der Waals surface area contributed by atoms with Crippen LogP contribution in [0.5, 0.6) is 0 Å². The Morgan fingerprint density at radius 3 is 2.67 bits per heavy atom. The Labute approximate surface area is 118 Å². The zero-order valence-corrected chi connectivity index (χ0v) is 10.9. The molecule has 0 aliphatic heterocycles. The number of azide groups is 1. The van der Waals surface area contributed by atoms with Crippen molar-refractivity contribution in [3.05, 3.63) is 51.0 Å². The van der Waals surface area contributed by atoms with E-state index in [0.717, 1.165) is 6.20 Å². The van der Waals surface area contributed by atoms with Crippen LogP contribution >= 0.6 is 0 Å². The van der Waals surface area contributed by atoms with Crippen molar-refractivity contribution >= 4 is 28.8 Å². The lowest BCUT2D eigenvalue weighted by molar-refractivity contribution is -0.384. The van der Waals surface area contributed by atoms with Gasteiger partial charge in [0.25, 0.3) is 0 Å². The van der Waals surface area contributed by atoms with Gasteiger partial charge in [-0.05, 0) is 17.7 Å². The van der Waals surface area contributed by atoms with E-state index in [1.807, 2.05) is 0 Å². The molecule has 0 spiro atoms. The fourth-order valence-electron chi connectivity index (χ4n) is 1.55. The van der Waals surface area contributed by atoms with E-state index in [1.165, 1.54) is 7.05 Å². The van der Waals surface area contributed by atoms with Crippen LogP contribution in [0.15, 0.2) is 35.6 Å². The molecular weight excluding hydrogens is 276 g/mol. The lowest BCUT2D eigenvalue weighted by Crippen LogP contribution is -2.04. The average Bonchev–Trinajstić information content (AvgIpc) is 2.49. The van der Waals surface area contributed by atoms with Gasteiger partial charge in [-0.3, -0.25) is 10.1 Å². The highest BCUT2D eigenvalue weighted by molar-refractivity contribution is 5.61. The second-order valence-electron chi connectivity index (χ2n) is 3.80. The normalized spacial score (nSPS) is 9.57. The molecule has 2 aromatic rings. The van der Waals surface area contributed by atoms with E-state index in [0.29, 0.717) is 11.4 Å². The van der Waals surface area contributed by atoms with Gasteiger partial charge in [0.2, 0.25) is 11.8 Å². The van der Waals surface area contributed by atoms with Crippen molar-refractivity contribution in [3.8, 4) is 0 Å². The van der Waals surface area contributed by atoms with Crippen LogP contribution in [-0.4, -0.2) is 21.9 Å². The van der Waals surface area contributed by atoms with Gasteiger partial charge in [0.15, 0.2) is 0 Å². The topological polar surface area (TPSA) is 142 Å². The zero-order valence-electron chi connectivity index (χ0n) is 10.9. The molecule has 0 amide bonds. The van der Waals surface area contributed by atoms with Gasteiger partial charge >= 0.3 is 5.69 Å². The summed E-state index contributed by atoms with van der Waals surface area (Å²) < 4.78 is 0. The second kappa shape index (κ2) is 6.17. The molecule has 2 N–H and O–H groups in total. The lowest BCUT2D eigenvalue weighted by atomic mass is 10.3. The largest absolute Gasteiger partial charge is 0.367 e. The quantitative estimate of drug-likeness (QED) is 0.284. The van der Waals surface area contributed by atoms with Gasteiger partial charge in [-0.25, -0.2) is 4.98 Å². The van der Waals surface area contributed by atoms with Gasteiger partial charge in [-0.2, -0.15) is 4.98 Å². The highest BCUT2D eigenvalue weighted by Gasteiger charge is 2.15. The van der Waals surface area contributed by atoms with Crippen molar-refractivity contribution in [2.45, 2.75) is 0 Å². The number of aromatic nitrogens is 2. The summed E-state index contributed by atoms with van der Waals surface area (Å²) >= 11 is 0. The number of hydrogen-bond donors (Lipinski definition) is 2. The molecule has 10 nitrogen and oxygen atoms in total. The lowest BCUT2D eigenvalue weighted by Gasteiger charge is -2.06. The minimum absolute atomic E-state index is 0.114. The number of rotatable bonds is 5. The van der Waals surface area contributed by atoms with Gasteiger partial charge in [-0.1, -0.05) is 17.2 Å². The van der Waals surface area contributed by atoms with E-state index in [1.54, 1.807) is 24.3 Å². The number of benzene rings is 1. The summed E-state index contributed by atoms with van der Waals surface area (Å²) in [5, 5.41) is 19.8. The maximum absolute atomic E-state index is 10.8. The summed E-state index contributed by atoms with van der Waals surface area (Å²) in [5.41, 5.74) is 9.24. The third-order valence-electron chi connectivity index (χ3n) is 2.49. The molecule has 1 aromatic carbocycles. The molecule has 0 atom stereocenters. The van der Waals surface area contributed by atoms with Gasteiger partial charge in [0.1, 0.15) is 6.20 Å². The number of nitrogens with one attached hydrogen (secondary N) is 2. The molecule has 1 heterocycles. The Balaban J connectivity index is 2.23. The average molecular weight is 286 g/mol. The monoisotopic (exact) mass is 286 g/mol. The molecule has 0 saturated carbocycles. The maximum Gasteiger partial charge on any atom is 0.329 e. The zero-order chi connectivity index (χ0) is 15.2. The number of anilines is 3. The molecular formula is C11H10N8O2. The van der Waals surface area contributed by atoms with Crippen LogP contribution in [0.3, 0.4) is 0 Å². The van der Waals surface area contributed by atoms with E-state index in [-0.39, 0.29) is 17.5 Å². The molecule has 0 bridgehead atoms. The standard InChI is InChI=1S/C11H10N8O2/c1-13-10-9(19(20)21)6-14-11(16-10)15-7-2-4-8(5-3-7)17-18-12/h2-6H,1H3,(H2,13,14,15,16). The summed E-state index contributed by atoms with van der Waals surface area (Å²) in [4.78, 5) is 20.8. The molecule has 10 heteroatoms. The molecule has 0 aliphatic rings. The second-order valence-corrected chi connectivity index (χ2v) is 3.80. The van der Waals surface area contributed by atoms with E-state index < -0.39 is 4.92 Å².